The van der Waals surface area contributed by atoms with Crippen molar-refractivity contribution in [3.8, 4) is 0 Å². The number of hydrogen-bond donors (Lipinski definition) is 2. The maximum Gasteiger partial charge on any atom is 0.137 e. The van der Waals surface area contributed by atoms with Crippen LogP contribution in [0.3, 0.4) is 0 Å². The molecule has 5 nitrogen and oxygen atoms in total. The van der Waals surface area contributed by atoms with E-state index in [1.165, 1.54) is 11.8 Å². The molecule has 1 aliphatic rings. The van der Waals surface area contributed by atoms with Gasteiger partial charge >= 0.3 is 0 Å². The molecule has 92 valence electrons. The van der Waals surface area contributed by atoms with Gasteiger partial charge in [-0.1, -0.05) is 29.4 Å². The fraction of sp³-hybridized carbons (Fsp3) is 0.0909. The Bertz CT molecular complexity index is 568. The first-order valence-corrected chi connectivity index (χ1v) is 6.54. The van der Waals surface area contributed by atoms with E-state index in [-0.39, 0.29) is 5.50 Å². The normalized spacial score (nSPS) is 19.7. The first-order valence-electron chi connectivity index (χ1n) is 5.29. The molecule has 0 bridgehead atoms. The minimum atomic E-state index is -0.280. The van der Waals surface area contributed by atoms with Crippen molar-refractivity contribution in [3.05, 3.63) is 46.7 Å². The Morgan fingerprint density at radius 2 is 2.33 bits per heavy atom. The van der Waals surface area contributed by atoms with Crippen LogP contribution in [0.5, 0.6) is 0 Å². The number of aromatic nitrogens is 3. The summed E-state index contributed by atoms with van der Waals surface area (Å²) in [4.78, 5) is 6.22. The second-order valence-corrected chi connectivity index (χ2v) is 5.40. The Labute approximate surface area is 113 Å². The average Bonchev–Trinajstić information content (AvgIpc) is 2.97. The number of rotatable bonds is 2. The topological polar surface area (TPSA) is 70.8 Å². The molecular formula is C11H10ClN5S. The molecule has 0 saturated carbocycles. The Kier molecular flexibility index (Phi) is 2.99. The zero-order valence-corrected chi connectivity index (χ0v) is 10.8. The average molecular weight is 280 g/mol. The minimum Gasteiger partial charge on any atom is -0.302 e. The maximum absolute atomic E-state index is 6.26. The van der Waals surface area contributed by atoms with E-state index in [2.05, 4.69) is 15.2 Å². The van der Waals surface area contributed by atoms with Gasteiger partial charge in [-0.3, -0.25) is 10.00 Å². The van der Waals surface area contributed by atoms with Gasteiger partial charge in [-0.05, 0) is 12.1 Å². The van der Waals surface area contributed by atoms with Gasteiger partial charge in [0.05, 0.1) is 11.9 Å². The van der Waals surface area contributed by atoms with Crippen LogP contribution in [-0.2, 0) is 0 Å². The standard InChI is InChI=1S/C11H10ClN5S/c12-10-9(7-5-15-16-6-7)17(11(13)18-10)8-3-1-2-4-14-8/h1-6,11H,13H2,(H,15,16). The lowest BCUT2D eigenvalue weighted by molar-refractivity contribution is 0.916. The van der Waals surface area contributed by atoms with Crippen molar-refractivity contribution in [3.63, 3.8) is 0 Å². The number of thioether (sulfide) groups is 1. The lowest BCUT2D eigenvalue weighted by Gasteiger charge is -2.24. The van der Waals surface area contributed by atoms with Crippen molar-refractivity contribution < 1.29 is 0 Å². The molecular weight excluding hydrogens is 270 g/mol. The smallest absolute Gasteiger partial charge is 0.137 e. The molecule has 3 rings (SSSR count). The fourth-order valence-electron chi connectivity index (χ4n) is 1.81. The molecule has 2 aromatic rings. The predicted octanol–water partition coefficient (Wildman–Crippen LogP) is 2.17. The molecule has 7 heteroatoms. The van der Waals surface area contributed by atoms with Gasteiger partial charge in [0.2, 0.25) is 0 Å². The number of hydrogen-bond acceptors (Lipinski definition) is 5. The summed E-state index contributed by atoms with van der Waals surface area (Å²) < 4.78 is 0.648. The molecule has 1 unspecified atom stereocenters. The summed E-state index contributed by atoms with van der Waals surface area (Å²) >= 11 is 7.66. The number of aromatic amines is 1. The number of nitrogens with zero attached hydrogens (tertiary/aromatic N) is 3. The molecule has 0 radical (unpaired) electrons. The molecule has 0 fully saturated rings. The first kappa shape index (κ1) is 11.6. The number of H-pyrrole nitrogens is 1. The van der Waals surface area contributed by atoms with Gasteiger partial charge in [-0.25, -0.2) is 4.98 Å². The Hall–Kier alpha value is -1.50. The third-order valence-electron chi connectivity index (χ3n) is 2.57. The summed E-state index contributed by atoms with van der Waals surface area (Å²) in [7, 11) is 0. The van der Waals surface area contributed by atoms with Crippen molar-refractivity contribution in [1.29, 1.82) is 0 Å². The molecule has 0 aromatic carbocycles. The number of nitrogens with one attached hydrogen (secondary N) is 1. The van der Waals surface area contributed by atoms with E-state index < -0.39 is 0 Å². The third-order valence-corrected chi connectivity index (χ3v) is 3.87. The van der Waals surface area contributed by atoms with Gasteiger partial charge in [-0.15, -0.1) is 0 Å². The highest BCUT2D eigenvalue weighted by Crippen LogP contribution is 2.44. The molecule has 0 aliphatic carbocycles. The summed E-state index contributed by atoms with van der Waals surface area (Å²) in [5, 5.41) is 6.71. The van der Waals surface area contributed by atoms with Gasteiger partial charge in [0.1, 0.15) is 15.7 Å². The molecule has 2 aromatic heterocycles. The Morgan fingerprint density at radius 1 is 1.44 bits per heavy atom. The van der Waals surface area contributed by atoms with Crippen LogP contribution in [0.25, 0.3) is 5.70 Å². The van der Waals surface area contributed by atoms with Crippen molar-refractivity contribution >= 4 is 34.9 Å². The van der Waals surface area contributed by atoms with Gasteiger partial charge in [-0.2, -0.15) is 5.10 Å². The van der Waals surface area contributed by atoms with Crippen molar-refractivity contribution in [2.24, 2.45) is 5.73 Å². The van der Waals surface area contributed by atoms with Crippen LogP contribution in [-0.4, -0.2) is 20.7 Å². The van der Waals surface area contributed by atoms with Gasteiger partial charge < -0.3 is 5.73 Å². The molecule has 1 atom stereocenters. The maximum atomic E-state index is 6.26. The van der Waals surface area contributed by atoms with Crippen LogP contribution in [0.4, 0.5) is 5.82 Å². The highest BCUT2D eigenvalue weighted by molar-refractivity contribution is 8.05. The Balaban J connectivity index is 2.07. The third kappa shape index (κ3) is 1.88. The minimum absolute atomic E-state index is 0.280. The van der Waals surface area contributed by atoms with Crippen LogP contribution >= 0.6 is 23.4 Å². The van der Waals surface area contributed by atoms with Crippen molar-refractivity contribution in [2.45, 2.75) is 5.50 Å². The summed E-state index contributed by atoms with van der Waals surface area (Å²) in [6, 6.07) is 5.68. The second-order valence-electron chi connectivity index (χ2n) is 3.68. The monoisotopic (exact) mass is 279 g/mol. The Morgan fingerprint density at radius 3 is 3.00 bits per heavy atom. The largest absolute Gasteiger partial charge is 0.302 e. The van der Waals surface area contributed by atoms with Crippen LogP contribution in [0.2, 0.25) is 0 Å². The summed E-state index contributed by atoms with van der Waals surface area (Å²) in [5.41, 5.74) is 7.54. The van der Waals surface area contributed by atoms with Gasteiger partial charge in [0, 0.05) is 18.0 Å². The van der Waals surface area contributed by atoms with E-state index >= 15 is 0 Å². The number of anilines is 1. The van der Waals surface area contributed by atoms with E-state index in [0.29, 0.717) is 4.36 Å². The molecule has 3 N–H and O–H groups in total. The molecule has 0 spiro atoms. The highest BCUT2D eigenvalue weighted by Gasteiger charge is 2.32. The SMILES string of the molecule is NC1SC(Cl)=C(c2cn[nH]c2)N1c1ccccn1. The van der Waals surface area contributed by atoms with E-state index in [1.807, 2.05) is 23.1 Å². The molecule has 18 heavy (non-hydrogen) atoms. The zero-order valence-electron chi connectivity index (χ0n) is 9.25. The van der Waals surface area contributed by atoms with E-state index in [1.54, 1.807) is 18.6 Å². The molecule has 1 aliphatic heterocycles. The number of halogens is 1. The van der Waals surface area contributed by atoms with Gasteiger partial charge in [0.15, 0.2) is 0 Å². The first-order chi connectivity index (χ1) is 8.77. The van der Waals surface area contributed by atoms with Crippen molar-refractivity contribution in [2.75, 3.05) is 4.90 Å². The van der Waals surface area contributed by atoms with E-state index in [0.717, 1.165) is 17.1 Å². The van der Waals surface area contributed by atoms with E-state index in [4.69, 9.17) is 17.3 Å². The summed E-state index contributed by atoms with van der Waals surface area (Å²) in [5.74, 6) is 0.768. The van der Waals surface area contributed by atoms with Crippen molar-refractivity contribution in [1.82, 2.24) is 15.2 Å². The molecule has 0 amide bonds. The quantitative estimate of drug-likeness (QED) is 0.881. The predicted molar refractivity (Wildman–Crippen MR) is 73.6 cm³/mol. The molecule has 0 saturated heterocycles. The van der Waals surface area contributed by atoms with Crippen LogP contribution in [0.1, 0.15) is 5.56 Å². The summed E-state index contributed by atoms with van der Waals surface area (Å²) in [6.07, 6.45) is 5.23. The second kappa shape index (κ2) is 4.64. The van der Waals surface area contributed by atoms with E-state index in [9.17, 15) is 0 Å². The lowest BCUT2D eigenvalue weighted by atomic mass is 10.2. The zero-order chi connectivity index (χ0) is 12.5. The van der Waals surface area contributed by atoms with Crippen LogP contribution < -0.4 is 10.6 Å². The molecule has 3 heterocycles. The highest BCUT2D eigenvalue weighted by atomic mass is 35.5. The fourth-order valence-corrected chi connectivity index (χ4v) is 3.14. The number of pyridine rings is 1. The summed E-state index contributed by atoms with van der Waals surface area (Å²) in [6.45, 7) is 0. The van der Waals surface area contributed by atoms with Crippen LogP contribution in [0, 0.1) is 0 Å². The van der Waals surface area contributed by atoms with Crippen LogP contribution in [0.15, 0.2) is 41.2 Å². The van der Waals surface area contributed by atoms with Gasteiger partial charge in [0.25, 0.3) is 0 Å². The lowest BCUT2D eigenvalue weighted by Crippen LogP contribution is -2.35. The number of nitrogens with two attached hydrogens (primary N) is 1.